The van der Waals surface area contributed by atoms with Gasteiger partial charge >= 0.3 is 0 Å². The van der Waals surface area contributed by atoms with Gasteiger partial charge in [-0.25, -0.2) is 0 Å². The van der Waals surface area contributed by atoms with Crippen LogP contribution in [0.4, 0.5) is 11.4 Å². The number of carbonyl (C=O) groups excluding carboxylic acids is 2. The predicted molar refractivity (Wildman–Crippen MR) is 79.5 cm³/mol. The maximum atomic E-state index is 11.8. The highest BCUT2D eigenvalue weighted by Crippen LogP contribution is 2.33. The van der Waals surface area contributed by atoms with Gasteiger partial charge in [0.15, 0.2) is 0 Å². The number of benzene rings is 1. The molecule has 6 heteroatoms. The second kappa shape index (κ2) is 7.08. The molecule has 1 aliphatic heterocycles. The molecule has 0 bridgehead atoms. The van der Waals surface area contributed by atoms with Gasteiger partial charge in [-0.05, 0) is 25.0 Å². The number of ether oxygens (including phenoxy) is 1. The molecule has 1 saturated heterocycles. The number of nitrogens with zero attached hydrogens (tertiary/aromatic N) is 1. The van der Waals surface area contributed by atoms with E-state index in [-0.39, 0.29) is 24.8 Å². The van der Waals surface area contributed by atoms with Crippen LogP contribution in [0.2, 0.25) is 0 Å². The van der Waals surface area contributed by atoms with Crippen molar-refractivity contribution in [1.29, 1.82) is 0 Å². The van der Waals surface area contributed by atoms with Crippen LogP contribution in [-0.4, -0.2) is 37.2 Å². The van der Waals surface area contributed by atoms with Crippen molar-refractivity contribution >= 4 is 23.2 Å². The summed E-state index contributed by atoms with van der Waals surface area (Å²) in [5, 5.41) is 11.5. The second-order valence-corrected chi connectivity index (χ2v) is 4.91. The van der Waals surface area contributed by atoms with Crippen LogP contribution in [0.25, 0.3) is 0 Å². The molecule has 1 aromatic rings. The molecule has 2 N–H and O–H groups in total. The van der Waals surface area contributed by atoms with Gasteiger partial charge in [-0.2, -0.15) is 0 Å². The standard InChI is InChI=1S/C15H20N2O4/c1-21-13-10-11(16-14(19)4-3-9-18)6-7-12(13)17-8-2-5-15(17)20/h6-7,10,18H,2-5,8-9H2,1H3,(H,16,19). The highest BCUT2D eigenvalue weighted by Gasteiger charge is 2.24. The number of anilines is 2. The molecular weight excluding hydrogens is 272 g/mol. The number of hydrogen-bond acceptors (Lipinski definition) is 4. The molecule has 0 spiro atoms. The van der Waals surface area contributed by atoms with Gasteiger partial charge in [0.2, 0.25) is 11.8 Å². The van der Waals surface area contributed by atoms with E-state index in [2.05, 4.69) is 5.32 Å². The summed E-state index contributed by atoms with van der Waals surface area (Å²) in [4.78, 5) is 25.1. The second-order valence-electron chi connectivity index (χ2n) is 4.91. The van der Waals surface area contributed by atoms with Crippen molar-refractivity contribution in [2.45, 2.75) is 25.7 Å². The SMILES string of the molecule is COc1cc(NC(=O)CCCO)ccc1N1CCCC1=O. The van der Waals surface area contributed by atoms with E-state index in [1.807, 2.05) is 0 Å². The lowest BCUT2D eigenvalue weighted by Gasteiger charge is -2.19. The lowest BCUT2D eigenvalue weighted by atomic mass is 10.2. The molecule has 0 saturated carbocycles. The highest BCUT2D eigenvalue weighted by atomic mass is 16.5. The number of methoxy groups -OCH3 is 1. The third-order valence-corrected chi connectivity index (χ3v) is 3.39. The van der Waals surface area contributed by atoms with Crippen LogP contribution in [0.1, 0.15) is 25.7 Å². The molecule has 0 radical (unpaired) electrons. The Hall–Kier alpha value is -2.08. The number of aliphatic hydroxyl groups excluding tert-OH is 1. The summed E-state index contributed by atoms with van der Waals surface area (Å²) in [7, 11) is 1.54. The Bertz CT molecular complexity index is 530. The number of hydrogen-bond donors (Lipinski definition) is 2. The van der Waals surface area contributed by atoms with Crippen LogP contribution in [0.15, 0.2) is 18.2 Å². The van der Waals surface area contributed by atoms with E-state index in [1.165, 1.54) is 7.11 Å². The molecular formula is C15H20N2O4. The smallest absolute Gasteiger partial charge is 0.227 e. The zero-order valence-electron chi connectivity index (χ0n) is 12.1. The van der Waals surface area contributed by atoms with Gasteiger partial charge in [-0.15, -0.1) is 0 Å². The average molecular weight is 292 g/mol. The Labute approximate surface area is 123 Å². The topological polar surface area (TPSA) is 78.9 Å². The summed E-state index contributed by atoms with van der Waals surface area (Å²) in [6.45, 7) is 0.685. The van der Waals surface area contributed by atoms with Crippen molar-refractivity contribution in [3.05, 3.63) is 18.2 Å². The van der Waals surface area contributed by atoms with Gasteiger partial charge in [-0.1, -0.05) is 0 Å². The van der Waals surface area contributed by atoms with Crippen LogP contribution in [0.5, 0.6) is 5.75 Å². The Balaban J connectivity index is 2.12. The van der Waals surface area contributed by atoms with Gasteiger partial charge in [0.05, 0.1) is 12.8 Å². The Morgan fingerprint density at radius 1 is 1.48 bits per heavy atom. The molecule has 114 valence electrons. The fourth-order valence-corrected chi connectivity index (χ4v) is 2.34. The predicted octanol–water partition coefficient (Wildman–Crippen LogP) is 1.53. The van der Waals surface area contributed by atoms with Gasteiger partial charge in [0.25, 0.3) is 0 Å². The first kappa shape index (κ1) is 15.3. The minimum absolute atomic E-state index is 0.00719. The third-order valence-electron chi connectivity index (χ3n) is 3.39. The summed E-state index contributed by atoms with van der Waals surface area (Å²) in [5.41, 5.74) is 1.35. The first-order chi connectivity index (χ1) is 10.2. The third kappa shape index (κ3) is 3.72. The number of nitrogens with one attached hydrogen (secondary N) is 1. The van der Waals surface area contributed by atoms with Crippen LogP contribution in [-0.2, 0) is 9.59 Å². The van der Waals surface area contributed by atoms with Gasteiger partial charge in [0.1, 0.15) is 5.75 Å². The zero-order valence-corrected chi connectivity index (χ0v) is 12.1. The zero-order chi connectivity index (χ0) is 15.2. The molecule has 2 amide bonds. The normalized spacial score (nSPS) is 14.4. The quantitative estimate of drug-likeness (QED) is 0.833. The molecule has 0 atom stereocenters. The molecule has 0 aliphatic carbocycles. The highest BCUT2D eigenvalue weighted by molar-refractivity contribution is 5.97. The fraction of sp³-hybridized carbons (Fsp3) is 0.467. The number of amides is 2. The van der Waals surface area contributed by atoms with E-state index in [1.54, 1.807) is 23.1 Å². The molecule has 1 fully saturated rings. The van der Waals surface area contributed by atoms with Crippen LogP contribution < -0.4 is 15.0 Å². The van der Waals surface area contributed by atoms with E-state index in [0.29, 0.717) is 30.8 Å². The van der Waals surface area contributed by atoms with Crippen LogP contribution in [0.3, 0.4) is 0 Å². The van der Waals surface area contributed by atoms with Crippen molar-refractivity contribution < 1.29 is 19.4 Å². The lowest BCUT2D eigenvalue weighted by Crippen LogP contribution is -2.24. The molecule has 6 nitrogen and oxygen atoms in total. The minimum Gasteiger partial charge on any atom is -0.494 e. The Morgan fingerprint density at radius 3 is 2.90 bits per heavy atom. The average Bonchev–Trinajstić information content (AvgIpc) is 2.91. The summed E-state index contributed by atoms with van der Waals surface area (Å²) in [6.07, 6.45) is 2.11. The number of aliphatic hydroxyl groups is 1. The summed E-state index contributed by atoms with van der Waals surface area (Å²) in [5.74, 6) is 0.495. The van der Waals surface area contributed by atoms with E-state index in [9.17, 15) is 9.59 Å². The van der Waals surface area contributed by atoms with E-state index in [4.69, 9.17) is 9.84 Å². The number of rotatable bonds is 6. The van der Waals surface area contributed by atoms with Crippen molar-refractivity contribution in [3.63, 3.8) is 0 Å². The summed E-state index contributed by atoms with van der Waals surface area (Å²) >= 11 is 0. The molecule has 21 heavy (non-hydrogen) atoms. The molecule has 0 aromatic heterocycles. The van der Waals surface area contributed by atoms with Gasteiger partial charge in [0, 0.05) is 37.7 Å². The molecule has 2 rings (SSSR count). The molecule has 0 unspecified atom stereocenters. The molecule has 1 heterocycles. The van der Waals surface area contributed by atoms with Crippen molar-refractivity contribution in [2.24, 2.45) is 0 Å². The number of carbonyl (C=O) groups is 2. The monoisotopic (exact) mass is 292 g/mol. The minimum atomic E-state index is -0.156. The van der Waals surface area contributed by atoms with Crippen molar-refractivity contribution in [1.82, 2.24) is 0 Å². The Morgan fingerprint density at radius 2 is 2.29 bits per heavy atom. The van der Waals surface area contributed by atoms with Crippen LogP contribution in [0, 0.1) is 0 Å². The summed E-state index contributed by atoms with van der Waals surface area (Å²) in [6, 6.07) is 5.24. The maximum Gasteiger partial charge on any atom is 0.227 e. The van der Waals surface area contributed by atoms with Gasteiger partial charge in [-0.3, -0.25) is 9.59 Å². The Kier molecular flexibility index (Phi) is 5.16. The first-order valence-electron chi connectivity index (χ1n) is 7.05. The fourth-order valence-electron chi connectivity index (χ4n) is 2.34. The van der Waals surface area contributed by atoms with Crippen molar-refractivity contribution in [3.8, 4) is 5.75 Å². The van der Waals surface area contributed by atoms with Crippen LogP contribution >= 0.6 is 0 Å². The molecule has 1 aliphatic rings. The molecule has 1 aromatic carbocycles. The first-order valence-corrected chi connectivity index (χ1v) is 7.05. The largest absolute Gasteiger partial charge is 0.494 e. The van der Waals surface area contributed by atoms with E-state index in [0.717, 1.165) is 12.1 Å². The summed E-state index contributed by atoms with van der Waals surface area (Å²) < 4.78 is 5.32. The van der Waals surface area contributed by atoms with Crippen molar-refractivity contribution in [2.75, 3.05) is 30.5 Å². The lowest BCUT2D eigenvalue weighted by molar-refractivity contribution is -0.117. The maximum absolute atomic E-state index is 11.8. The van der Waals surface area contributed by atoms with E-state index < -0.39 is 0 Å². The van der Waals surface area contributed by atoms with E-state index >= 15 is 0 Å². The van der Waals surface area contributed by atoms with Gasteiger partial charge < -0.3 is 20.1 Å².